The molecule has 0 aromatic carbocycles. The fourth-order valence-corrected chi connectivity index (χ4v) is 2.98. The van der Waals surface area contributed by atoms with Gasteiger partial charge >= 0.3 is 0 Å². The van der Waals surface area contributed by atoms with Gasteiger partial charge in [-0.1, -0.05) is 0 Å². The van der Waals surface area contributed by atoms with Crippen molar-refractivity contribution < 1.29 is 5.11 Å². The molecule has 0 amide bonds. The summed E-state index contributed by atoms with van der Waals surface area (Å²) in [6, 6.07) is 0. The summed E-state index contributed by atoms with van der Waals surface area (Å²) < 4.78 is 0. The van der Waals surface area contributed by atoms with Crippen molar-refractivity contribution >= 4 is 16.5 Å². The predicted molar refractivity (Wildman–Crippen MR) is 63.5 cm³/mol. The highest BCUT2D eigenvalue weighted by molar-refractivity contribution is 7.13. The first-order valence-corrected chi connectivity index (χ1v) is 6.45. The first kappa shape index (κ1) is 10.9. The zero-order chi connectivity index (χ0) is 10.7. The maximum absolute atomic E-state index is 8.95. The standard InChI is InChI=1S/C11H18N2OS/c1-9-8-15-11(12-9)13-5-2-3-10(7-13)4-6-14/h8,10,14H,2-7H2,1H3. The van der Waals surface area contributed by atoms with Crippen LogP contribution in [-0.2, 0) is 0 Å². The molecule has 84 valence electrons. The van der Waals surface area contributed by atoms with Crippen molar-refractivity contribution in [1.82, 2.24) is 4.98 Å². The number of aryl methyl sites for hydroxylation is 1. The van der Waals surface area contributed by atoms with Gasteiger partial charge in [-0.05, 0) is 32.1 Å². The maximum Gasteiger partial charge on any atom is 0.185 e. The molecule has 0 bridgehead atoms. The third kappa shape index (κ3) is 2.69. The van der Waals surface area contributed by atoms with E-state index in [1.165, 1.54) is 12.8 Å². The minimum absolute atomic E-state index is 0.315. The van der Waals surface area contributed by atoms with E-state index >= 15 is 0 Å². The summed E-state index contributed by atoms with van der Waals surface area (Å²) in [7, 11) is 0. The van der Waals surface area contributed by atoms with Gasteiger partial charge in [-0.25, -0.2) is 4.98 Å². The molecule has 0 spiro atoms. The van der Waals surface area contributed by atoms with Gasteiger partial charge in [0.1, 0.15) is 0 Å². The number of aliphatic hydroxyl groups is 1. The van der Waals surface area contributed by atoms with Gasteiger partial charge in [-0.3, -0.25) is 0 Å². The summed E-state index contributed by atoms with van der Waals surface area (Å²) in [6.45, 7) is 4.53. The molecule has 1 aliphatic rings. The van der Waals surface area contributed by atoms with Crippen molar-refractivity contribution in [2.75, 3.05) is 24.6 Å². The lowest BCUT2D eigenvalue weighted by Gasteiger charge is -2.32. The van der Waals surface area contributed by atoms with Crippen molar-refractivity contribution in [2.45, 2.75) is 26.2 Å². The van der Waals surface area contributed by atoms with E-state index in [0.29, 0.717) is 12.5 Å². The van der Waals surface area contributed by atoms with Gasteiger partial charge in [-0.15, -0.1) is 11.3 Å². The molecular formula is C11H18N2OS. The first-order chi connectivity index (χ1) is 7.29. The molecule has 2 heterocycles. The normalized spacial score (nSPS) is 22.0. The number of aliphatic hydroxyl groups excluding tert-OH is 1. The van der Waals surface area contributed by atoms with E-state index in [9.17, 15) is 0 Å². The molecule has 0 radical (unpaired) electrons. The Bertz CT molecular complexity index is 311. The van der Waals surface area contributed by atoms with Gasteiger partial charge in [0, 0.05) is 25.1 Å². The third-order valence-electron chi connectivity index (χ3n) is 2.93. The van der Waals surface area contributed by atoms with E-state index in [-0.39, 0.29) is 0 Å². The second kappa shape index (κ2) is 4.94. The van der Waals surface area contributed by atoms with Crippen molar-refractivity contribution in [2.24, 2.45) is 5.92 Å². The maximum atomic E-state index is 8.95. The highest BCUT2D eigenvalue weighted by Crippen LogP contribution is 2.27. The molecule has 1 N–H and O–H groups in total. The zero-order valence-electron chi connectivity index (χ0n) is 9.15. The van der Waals surface area contributed by atoms with Crippen LogP contribution in [0.4, 0.5) is 5.13 Å². The Morgan fingerprint density at radius 2 is 2.53 bits per heavy atom. The number of rotatable bonds is 3. The summed E-state index contributed by atoms with van der Waals surface area (Å²) in [5.74, 6) is 0.646. The molecule has 1 aliphatic heterocycles. The molecule has 0 saturated carbocycles. The quantitative estimate of drug-likeness (QED) is 0.857. The molecular weight excluding hydrogens is 208 g/mol. The van der Waals surface area contributed by atoms with Crippen LogP contribution >= 0.6 is 11.3 Å². The van der Waals surface area contributed by atoms with E-state index in [1.54, 1.807) is 11.3 Å². The van der Waals surface area contributed by atoms with E-state index in [4.69, 9.17) is 5.11 Å². The van der Waals surface area contributed by atoms with Gasteiger partial charge in [0.05, 0.1) is 5.69 Å². The van der Waals surface area contributed by atoms with Crippen molar-refractivity contribution in [3.05, 3.63) is 11.1 Å². The van der Waals surface area contributed by atoms with Crippen LogP contribution in [0.15, 0.2) is 5.38 Å². The van der Waals surface area contributed by atoms with Crippen LogP contribution in [0.25, 0.3) is 0 Å². The Kier molecular flexibility index (Phi) is 3.59. The summed E-state index contributed by atoms with van der Waals surface area (Å²) in [6.07, 6.45) is 3.41. The molecule has 0 aliphatic carbocycles. The summed E-state index contributed by atoms with van der Waals surface area (Å²) >= 11 is 1.73. The summed E-state index contributed by atoms with van der Waals surface area (Å²) in [5, 5.41) is 12.2. The van der Waals surface area contributed by atoms with Crippen molar-refractivity contribution in [3.8, 4) is 0 Å². The van der Waals surface area contributed by atoms with Crippen molar-refractivity contribution in [1.29, 1.82) is 0 Å². The number of piperidine rings is 1. The van der Waals surface area contributed by atoms with Gasteiger partial charge in [0.25, 0.3) is 0 Å². The molecule has 15 heavy (non-hydrogen) atoms. The highest BCUT2D eigenvalue weighted by Gasteiger charge is 2.21. The Balaban J connectivity index is 1.98. The topological polar surface area (TPSA) is 36.4 Å². The summed E-state index contributed by atoms with van der Waals surface area (Å²) in [5.41, 5.74) is 1.11. The number of anilines is 1. The second-order valence-corrected chi connectivity index (χ2v) is 5.07. The Morgan fingerprint density at radius 1 is 1.67 bits per heavy atom. The van der Waals surface area contributed by atoms with Crippen LogP contribution < -0.4 is 4.90 Å². The molecule has 1 aromatic heterocycles. The lowest BCUT2D eigenvalue weighted by Crippen LogP contribution is -2.35. The van der Waals surface area contributed by atoms with Crippen LogP contribution in [0.5, 0.6) is 0 Å². The number of thiazole rings is 1. The number of hydrogen-bond donors (Lipinski definition) is 1. The van der Waals surface area contributed by atoms with Crippen LogP contribution in [0, 0.1) is 12.8 Å². The fourth-order valence-electron chi connectivity index (χ4n) is 2.14. The molecule has 1 unspecified atom stereocenters. The first-order valence-electron chi connectivity index (χ1n) is 5.57. The number of aromatic nitrogens is 1. The van der Waals surface area contributed by atoms with E-state index < -0.39 is 0 Å². The second-order valence-electron chi connectivity index (χ2n) is 4.24. The van der Waals surface area contributed by atoms with Gasteiger partial charge in [0.15, 0.2) is 5.13 Å². The van der Waals surface area contributed by atoms with E-state index in [0.717, 1.165) is 30.3 Å². The molecule has 1 aromatic rings. The average Bonchev–Trinajstić information content (AvgIpc) is 2.66. The zero-order valence-corrected chi connectivity index (χ0v) is 9.96. The lowest BCUT2D eigenvalue weighted by atomic mass is 9.95. The minimum Gasteiger partial charge on any atom is -0.396 e. The monoisotopic (exact) mass is 226 g/mol. The van der Waals surface area contributed by atoms with Crippen LogP contribution in [0.3, 0.4) is 0 Å². The highest BCUT2D eigenvalue weighted by atomic mass is 32.1. The van der Waals surface area contributed by atoms with Gasteiger partial charge in [0.2, 0.25) is 0 Å². The minimum atomic E-state index is 0.315. The molecule has 1 fully saturated rings. The SMILES string of the molecule is Cc1csc(N2CCCC(CCO)C2)n1. The van der Waals surface area contributed by atoms with E-state index in [1.807, 2.05) is 6.92 Å². The molecule has 1 atom stereocenters. The molecule has 4 heteroatoms. The number of nitrogens with zero attached hydrogens (tertiary/aromatic N) is 2. The van der Waals surface area contributed by atoms with Gasteiger partial charge < -0.3 is 10.0 Å². The van der Waals surface area contributed by atoms with Crippen LogP contribution in [0.2, 0.25) is 0 Å². The predicted octanol–water partition coefficient (Wildman–Crippen LogP) is 2.05. The van der Waals surface area contributed by atoms with E-state index in [2.05, 4.69) is 15.3 Å². The number of hydrogen-bond acceptors (Lipinski definition) is 4. The van der Waals surface area contributed by atoms with Crippen LogP contribution in [0.1, 0.15) is 25.0 Å². The Morgan fingerprint density at radius 3 is 3.20 bits per heavy atom. The van der Waals surface area contributed by atoms with Crippen LogP contribution in [-0.4, -0.2) is 29.8 Å². The Labute approximate surface area is 94.8 Å². The fraction of sp³-hybridized carbons (Fsp3) is 0.727. The molecule has 1 saturated heterocycles. The average molecular weight is 226 g/mol. The summed E-state index contributed by atoms with van der Waals surface area (Å²) in [4.78, 5) is 6.87. The molecule has 2 rings (SSSR count). The third-order valence-corrected chi connectivity index (χ3v) is 3.95. The van der Waals surface area contributed by atoms with Gasteiger partial charge in [-0.2, -0.15) is 0 Å². The lowest BCUT2D eigenvalue weighted by molar-refractivity contribution is 0.244. The molecule has 3 nitrogen and oxygen atoms in total. The Hall–Kier alpha value is -0.610. The van der Waals surface area contributed by atoms with Crippen molar-refractivity contribution in [3.63, 3.8) is 0 Å². The smallest absolute Gasteiger partial charge is 0.185 e. The largest absolute Gasteiger partial charge is 0.396 e.